The highest BCUT2D eigenvalue weighted by Gasteiger charge is 2.17. The molecule has 1 aromatic rings. The molecule has 114 valence electrons. The fraction of sp³-hybridized carbons (Fsp3) is 0.450. The molecular formula is C20H28O. The van der Waals surface area contributed by atoms with Crippen LogP contribution in [0.5, 0.6) is 0 Å². The Morgan fingerprint density at radius 3 is 2.14 bits per heavy atom. The van der Waals surface area contributed by atoms with Gasteiger partial charge >= 0.3 is 0 Å². The number of Topliss-reactive ketones (excluding diaryl/α,β-unsaturated/α-hetero) is 1. The first-order valence-corrected chi connectivity index (χ1v) is 7.96. The van der Waals surface area contributed by atoms with E-state index in [2.05, 4.69) is 40.0 Å². The average Bonchev–Trinajstić information content (AvgIpc) is 2.49. The van der Waals surface area contributed by atoms with Crippen LogP contribution in [0.1, 0.15) is 67.6 Å². The van der Waals surface area contributed by atoms with E-state index < -0.39 is 0 Å². The minimum absolute atomic E-state index is 0.107. The molecule has 1 heteroatoms. The molecule has 0 aromatic heterocycles. The lowest BCUT2D eigenvalue weighted by molar-refractivity contribution is 0.103. The van der Waals surface area contributed by atoms with Crippen LogP contribution >= 0.6 is 0 Å². The molecule has 21 heavy (non-hydrogen) atoms. The van der Waals surface area contributed by atoms with Gasteiger partial charge in [-0.05, 0) is 61.3 Å². The molecule has 0 aliphatic heterocycles. The van der Waals surface area contributed by atoms with Crippen molar-refractivity contribution < 1.29 is 4.79 Å². The maximum Gasteiger partial charge on any atom is 0.188 e. The van der Waals surface area contributed by atoms with Gasteiger partial charge in [0.25, 0.3) is 0 Å². The highest BCUT2D eigenvalue weighted by molar-refractivity contribution is 6.09. The van der Waals surface area contributed by atoms with Gasteiger partial charge in [-0.15, -0.1) is 6.58 Å². The summed E-state index contributed by atoms with van der Waals surface area (Å²) in [5, 5.41) is 0. The first-order valence-electron chi connectivity index (χ1n) is 7.96. The van der Waals surface area contributed by atoms with Crippen LogP contribution in [-0.4, -0.2) is 5.78 Å². The summed E-state index contributed by atoms with van der Waals surface area (Å²) < 4.78 is 0. The summed E-state index contributed by atoms with van der Waals surface area (Å²) in [7, 11) is 0. The molecule has 0 fully saturated rings. The molecule has 0 atom stereocenters. The van der Waals surface area contributed by atoms with E-state index in [4.69, 9.17) is 0 Å². The van der Waals surface area contributed by atoms with Gasteiger partial charge in [-0.2, -0.15) is 0 Å². The molecule has 0 spiro atoms. The third kappa shape index (κ3) is 4.17. The summed E-state index contributed by atoms with van der Waals surface area (Å²) in [5.74, 6) is 0.107. The van der Waals surface area contributed by atoms with Crippen LogP contribution in [-0.2, 0) is 19.3 Å². The third-order valence-electron chi connectivity index (χ3n) is 4.05. The second kappa shape index (κ2) is 7.97. The SMILES string of the molecule is C=C(C)CCc1ccc(C(=O)C(=C)CC)c(CC)c1CC. The van der Waals surface area contributed by atoms with Crippen LogP contribution in [0.4, 0.5) is 0 Å². The number of hydrogen-bond donors (Lipinski definition) is 0. The molecule has 0 aliphatic carbocycles. The van der Waals surface area contributed by atoms with Gasteiger partial charge in [-0.3, -0.25) is 4.79 Å². The first kappa shape index (κ1) is 17.4. The Kier molecular flexibility index (Phi) is 6.61. The Bertz CT molecular complexity index is 549. The van der Waals surface area contributed by atoms with Crippen LogP contribution in [0, 0.1) is 0 Å². The van der Waals surface area contributed by atoms with E-state index in [0.29, 0.717) is 12.0 Å². The predicted molar refractivity (Wildman–Crippen MR) is 92.1 cm³/mol. The summed E-state index contributed by atoms with van der Waals surface area (Å²) in [6.07, 6.45) is 4.58. The fourth-order valence-corrected chi connectivity index (χ4v) is 2.73. The van der Waals surface area contributed by atoms with E-state index in [1.165, 1.54) is 22.3 Å². The highest BCUT2D eigenvalue weighted by Crippen LogP contribution is 2.25. The number of carbonyl (C=O) groups is 1. The van der Waals surface area contributed by atoms with E-state index >= 15 is 0 Å². The van der Waals surface area contributed by atoms with Crippen molar-refractivity contribution in [2.75, 3.05) is 0 Å². The Labute approximate surface area is 129 Å². The second-order valence-electron chi connectivity index (χ2n) is 5.68. The number of allylic oxidation sites excluding steroid dienone is 2. The molecule has 0 saturated heterocycles. The summed E-state index contributed by atoms with van der Waals surface area (Å²) >= 11 is 0. The Morgan fingerprint density at radius 1 is 1.05 bits per heavy atom. The topological polar surface area (TPSA) is 17.1 Å². The maximum absolute atomic E-state index is 12.5. The quantitative estimate of drug-likeness (QED) is 0.351. The van der Waals surface area contributed by atoms with Crippen molar-refractivity contribution >= 4 is 5.78 Å². The van der Waals surface area contributed by atoms with Gasteiger partial charge in [0.1, 0.15) is 0 Å². The van der Waals surface area contributed by atoms with E-state index in [0.717, 1.165) is 31.2 Å². The smallest absolute Gasteiger partial charge is 0.188 e. The molecule has 1 aromatic carbocycles. The van der Waals surface area contributed by atoms with Crippen LogP contribution in [0.25, 0.3) is 0 Å². The molecule has 0 bridgehead atoms. The summed E-state index contributed by atoms with van der Waals surface area (Å²) in [4.78, 5) is 12.5. The fourth-order valence-electron chi connectivity index (χ4n) is 2.73. The Balaban J connectivity index is 3.28. The van der Waals surface area contributed by atoms with Crippen molar-refractivity contribution in [3.05, 3.63) is 58.7 Å². The van der Waals surface area contributed by atoms with Crippen LogP contribution in [0.15, 0.2) is 36.4 Å². The lowest BCUT2D eigenvalue weighted by atomic mass is 9.87. The molecule has 0 unspecified atom stereocenters. The van der Waals surface area contributed by atoms with Crippen LogP contribution in [0.3, 0.4) is 0 Å². The molecule has 0 N–H and O–H groups in total. The van der Waals surface area contributed by atoms with Crippen molar-refractivity contribution in [3.8, 4) is 0 Å². The van der Waals surface area contributed by atoms with Gasteiger partial charge in [0.05, 0.1) is 0 Å². The number of aryl methyl sites for hydroxylation is 1. The zero-order chi connectivity index (χ0) is 16.0. The average molecular weight is 284 g/mol. The number of ketones is 1. The minimum atomic E-state index is 0.107. The summed E-state index contributed by atoms with van der Waals surface area (Å²) in [6.45, 7) is 16.2. The summed E-state index contributed by atoms with van der Waals surface area (Å²) in [5.41, 5.74) is 6.65. The van der Waals surface area contributed by atoms with Crippen molar-refractivity contribution in [1.82, 2.24) is 0 Å². The van der Waals surface area contributed by atoms with Crippen molar-refractivity contribution in [2.24, 2.45) is 0 Å². The van der Waals surface area contributed by atoms with E-state index in [9.17, 15) is 4.79 Å². The largest absolute Gasteiger partial charge is 0.289 e. The molecule has 0 heterocycles. The van der Waals surface area contributed by atoms with E-state index in [-0.39, 0.29) is 5.78 Å². The molecule has 0 aliphatic rings. The number of benzene rings is 1. The van der Waals surface area contributed by atoms with E-state index in [1.807, 2.05) is 13.0 Å². The monoisotopic (exact) mass is 284 g/mol. The van der Waals surface area contributed by atoms with Crippen LogP contribution < -0.4 is 0 Å². The molecule has 1 nitrogen and oxygen atoms in total. The van der Waals surface area contributed by atoms with E-state index in [1.54, 1.807) is 0 Å². The van der Waals surface area contributed by atoms with Crippen LogP contribution in [0.2, 0.25) is 0 Å². The molecule has 0 radical (unpaired) electrons. The lowest BCUT2D eigenvalue weighted by Crippen LogP contribution is -2.10. The molecular weight excluding hydrogens is 256 g/mol. The van der Waals surface area contributed by atoms with Gasteiger partial charge in [0, 0.05) is 5.56 Å². The Hall–Kier alpha value is -1.63. The van der Waals surface area contributed by atoms with Gasteiger partial charge < -0.3 is 0 Å². The van der Waals surface area contributed by atoms with Gasteiger partial charge in [-0.1, -0.05) is 45.1 Å². The maximum atomic E-state index is 12.5. The normalized spacial score (nSPS) is 10.5. The molecule has 0 amide bonds. The van der Waals surface area contributed by atoms with Crippen molar-refractivity contribution in [1.29, 1.82) is 0 Å². The summed E-state index contributed by atoms with van der Waals surface area (Å²) in [6, 6.07) is 4.12. The second-order valence-corrected chi connectivity index (χ2v) is 5.68. The highest BCUT2D eigenvalue weighted by atomic mass is 16.1. The van der Waals surface area contributed by atoms with Gasteiger partial charge in [0.15, 0.2) is 5.78 Å². The molecule has 1 rings (SSSR count). The Morgan fingerprint density at radius 2 is 1.67 bits per heavy atom. The number of hydrogen-bond acceptors (Lipinski definition) is 1. The van der Waals surface area contributed by atoms with Gasteiger partial charge in [-0.25, -0.2) is 0 Å². The zero-order valence-corrected chi connectivity index (χ0v) is 14.0. The predicted octanol–water partition coefficient (Wildman–Crippen LogP) is 5.47. The molecule has 0 saturated carbocycles. The standard InChI is InChI=1S/C20H28O/c1-7-15(6)20(21)19-13-12-16(11-10-14(4)5)17(8-2)18(19)9-3/h12-13H,4,6-11H2,1-3,5H3. The minimum Gasteiger partial charge on any atom is -0.289 e. The lowest BCUT2D eigenvalue weighted by Gasteiger charge is -2.17. The zero-order valence-electron chi connectivity index (χ0n) is 14.0. The first-order chi connectivity index (χ1) is 9.96. The third-order valence-corrected chi connectivity index (χ3v) is 4.05. The van der Waals surface area contributed by atoms with Crippen molar-refractivity contribution in [2.45, 2.75) is 59.8 Å². The van der Waals surface area contributed by atoms with Crippen molar-refractivity contribution in [3.63, 3.8) is 0 Å². The number of carbonyl (C=O) groups excluding carboxylic acids is 1. The van der Waals surface area contributed by atoms with Gasteiger partial charge in [0.2, 0.25) is 0 Å². The number of rotatable bonds is 8.